The molecule has 5 heteroatoms. The number of imidazole rings is 1. The zero-order valence-corrected chi connectivity index (χ0v) is 12.2. The predicted molar refractivity (Wildman–Crippen MR) is 77.6 cm³/mol. The van der Waals surface area contributed by atoms with Crippen molar-refractivity contribution in [3.8, 4) is 0 Å². The molecule has 0 saturated heterocycles. The van der Waals surface area contributed by atoms with E-state index in [0.717, 1.165) is 35.4 Å². The fourth-order valence-electron chi connectivity index (χ4n) is 2.11. The van der Waals surface area contributed by atoms with Crippen LogP contribution in [0.3, 0.4) is 0 Å². The highest BCUT2D eigenvalue weighted by Gasteiger charge is 2.10. The van der Waals surface area contributed by atoms with Crippen molar-refractivity contribution in [2.45, 2.75) is 25.8 Å². The van der Waals surface area contributed by atoms with E-state index in [1.807, 2.05) is 6.07 Å². The first-order chi connectivity index (χ1) is 8.63. The molecule has 3 nitrogen and oxygen atoms in total. The lowest BCUT2D eigenvalue weighted by atomic mass is 10.2. The number of hydrogen-bond acceptors (Lipinski definition) is 2. The van der Waals surface area contributed by atoms with Gasteiger partial charge in [0.1, 0.15) is 5.82 Å². The summed E-state index contributed by atoms with van der Waals surface area (Å²) in [5.74, 6) is 2.01. The zero-order valence-electron chi connectivity index (χ0n) is 10.6. The van der Waals surface area contributed by atoms with Gasteiger partial charge in [0.25, 0.3) is 0 Å². The van der Waals surface area contributed by atoms with Crippen molar-refractivity contribution in [2.75, 3.05) is 12.0 Å². The fraction of sp³-hybridized carbons (Fsp3) is 0.462. The van der Waals surface area contributed by atoms with Crippen molar-refractivity contribution in [2.24, 2.45) is 0 Å². The van der Waals surface area contributed by atoms with Crippen molar-refractivity contribution in [1.29, 1.82) is 0 Å². The maximum Gasteiger partial charge on any atom is 0.124 e. The van der Waals surface area contributed by atoms with E-state index in [2.05, 4.69) is 28.6 Å². The first-order valence-corrected chi connectivity index (χ1v) is 8.20. The molecule has 2 aromatic rings. The van der Waals surface area contributed by atoms with E-state index >= 15 is 0 Å². The molecule has 0 fully saturated rings. The lowest BCUT2D eigenvalue weighted by Crippen LogP contribution is -2.06. The number of aryl methyl sites for hydroxylation is 2. The van der Waals surface area contributed by atoms with E-state index in [1.165, 1.54) is 0 Å². The van der Waals surface area contributed by atoms with Crippen LogP contribution in [0.25, 0.3) is 11.0 Å². The topological polar surface area (TPSA) is 34.9 Å². The molecule has 1 aromatic heterocycles. The minimum absolute atomic E-state index is 0.406. The van der Waals surface area contributed by atoms with Crippen LogP contribution >= 0.6 is 11.6 Å². The molecule has 0 aliphatic heterocycles. The van der Waals surface area contributed by atoms with E-state index in [0.29, 0.717) is 11.6 Å². The molecule has 1 heterocycles. The number of fused-ring (bicyclic) bond motifs is 1. The zero-order chi connectivity index (χ0) is 13.1. The van der Waals surface area contributed by atoms with E-state index in [9.17, 15) is 4.21 Å². The van der Waals surface area contributed by atoms with E-state index in [-0.39, 0.29) is 0 Å². The third-order valence-electron chi connectivity index (χ3n) is 2.99. The largest absolute Gasteiger partial charge is 0.327 e. The molecule has 98 valence electrons. The van der Waals surface area contributed by atoms with Gasteiger partial charge in [0, 0.05) is 29.4 Å². The SMILES string of the molecule is Cc1cccc2c1nc(CCl)n2CCCS(C)=O. The second-order valence-electron chi connectivity index (χ2n) is 4.39. The summed E-state index contributed by atoms with van der Waals surface area (Å²) in [7, 11) is -0.740. The van der Waals surface area contributed by atoms with Gasteiger partial charge in [0.05, 0.1) is 16.9 Å². The Labute approximate surface area is 115 Å². The Hall–Kier alpha value is -0.870. The van der Waals surface area contributed by atoms with E-state index in [4.69, 9.17) is 11.6 Å². The molecule has 0 N–H and O–H groups in total. The smallest absolute Gasteiger partial charge is 0.124 e. The van der Waals surface area contributed by atoms with Crippen LogP contribution in [0.1, 0.15) is 17.8 Å². The highest BCUT2D eigenvalue weighted by molar-refractivity contribution is 7.84. The van der Waals surface area contributed by atoms with Crippen LogP contribution in [-0.4, -0.2) is 25.8 Å². The molecular formula is C13H17ClN2OS. The van der Waals surface area contributed by atoms with Gasteiger partial charge in [-0.25, -0.2) is 4.98 Å². The Morgan fingerprint density at radius 1 is 1.44 bits per heavy atom. The van der Waals surface area contributed by atoms with Gasteiger partial charge in [0.2, 0.25) is 0 Å². The highest BCUT2D eigenvalue weighted by Crippen LogP contribution is 2.21. The van der Waals surface area contributed by atoms with Crippen molar-refractivity contribution >= 4 is 33.4 Å². The Morgan fingerprint density at radius 2 is 2.22 bits per heavy atom. The fourth-order valence-corrected chi connectivity index (χ4v) is 2.85. The van der Waals surface area contributed by atoms with Gasteiger partial charge in [-0.3, -0.25) is 4.21 Å². The summed E-state index contributed by atoms with van der Waals surface area (Å²) in [6.07, 6.45) is 2.62. The monoisotopic (exact) mass is 284 g/mol. The molecule has 0 amide bonds. The van der Waals surface area contributed by atoms with Gasteiger partial charge in [-0.2, -0.15) is 0 Å². The Bertz CT molecular complexity index is 580. The van der Waals surface area contributed by atoms with Crippen LogP contribution in [0.5, 0.6) is 0 Å². The quantitative estimate of drug-likeness (QED) is 0.792. The van der Waals surface area contributed by atoms with Gasteiger partial charge in [0.15, 0.2) is 0 Å². The second-order valence-corrected chi connectivity index (χ2v) is 6.21. The molecule has 18 heavy (non-hydrogen) atoms. The minimum atomic E-state index is -0.740. The van der Waals surface area contributed by atoms with Gasteiger partial charge in [-0.15, -0.1) is 11.6 Å². The Morgan fingerprint density at radius 3 is 2.89 bits per heavy atom. The summed E-state index contributed by atoms with van der Waals surface area (Å²) in [5.41, 5.74) is 3.30. The molecule has 0 radical (unpaired) electrons. The normalized spacial score (nSPS) is 13.1. The first-order valence-electron chi connectivity index (χ1n) is 5.94. The first kappa shape index (κ1) is 13.6. The third-order valence-corrected chi connectivity index (χ3v) is 4.10. The van der Waals surface area contributed by atoms with Crippen molar-refractivity contribution < 1.29 is 4.21 Å². The Kier molecular flexibility index (Phi) is 4.40. The van der Waals surface area contributed by atoms with Gasteiger partial charge in [-0.1, -0.05) is 12.1 Å². The number of para-hydroxylation sites is 1. The van der Waals surface area contributed by atoms with Crippen molar-refractivity contribution in [1.82, 2.24) is 9.55 Å². The standard InChI is InChI=1S/C13H17ClN2OS/c1-10-5-3-6-11-13(10)15-12(9-14)16(11)7-4-8-18(2)17/h3,5-6H,4,7-9H2,1-2H3. The van der Waals surface area contributed by atoms with Crippen molar-refractivity contribution in [3.63, 3.8) is 0 Å². The maximum absolute atomic E-state index is 11.1. The molecule has 0 spiro atoms. The summed E-state index contributed by atoms with van der Waals surface area (Å²) >= 11 is 5.95. The van der Waals surface area contributed by atoms with Crippen molar-refractivity contribution in [3.05, 3.63) is 29.6 Å². The number of alkyl halides is 1. The van der Waals surface area contributed by atoms with Gasteiger partial charge in [-0.05, 0) is 25.0 Å². The lowest BCUT2D eigenvalue weighted by molar-refractivity contribution is 0.657. The summed E-state index contributed by atoms with van der Waals surface area (Å²) in [5, 5.41) is 0. The summed E-state index contributed by atoms with van der Waals surface area (Å²) < 4.78 is 13.2. The minimum Gasteiger partial charge on any atom is -0.327 e. The number of aromatic nitrogens is 2. The lowest BCUT2D eigenvalue weighted by Gasteiger charge is -2.06. The Balaban J connectivity index is 2.35. The summed E-state index contributed by atoms with van der Waals surface area (Å²) in [4.78, 5) is 4.58. The highest BCUT2D eigenvalue weighted by atomic mass is 35.5. The molecule has 1 aromatic carbocycles. The number of halogens is 1. The number of rotatable bonds is 5. The van der Waals surface area contributed by atoms with Crippen LogP contribution in [0.15, 0.2) is 18.2 Å². The second kappa shape index (κ2) is 5.85. The average molecular weight is 285 g/mol. The van der Waals surface area contributed by atoms with Crippen LogP contribution in [0.4, 0.5) is 0 Å². The van der Waals surface area contributed by atoms with Crippen LogP contribution in [0.2, 0.25) is 0 Å². The summed E-state index contributed by atoms with van der Waals surface area (Å²) in [6, 6.07) is 6.15. The molecule has 1 unspecified atom stereocenters. The predicted octanol–water partition coefficient (Wildman–Crippen LogP) is 2.85. The van der Waals surface area contributed by atoms with Crippen LogP contribution < -0.4 is 0 Å². The van der Waals surface area contributed by atoms with Crippen LogP contribution in [0, 0.1) is 6.92 Å². The molecule has 0 bridgehead atoms. The summed E-state index contributed by atoms with van der Waals surface area (Å²) in [6.45, 7) is 2.88. The average Bonchev–Trinajstić information content (AvgIpc) is 2.69. The number of benzene rings is 1. The maximum atomic E-state index is 11.1. The van der Waals surface area contributed by atoms with Gasteiger partial charge >= 0.3 is 0 Å². The molecule has 0 aliphatic carbocycles. The number of hydrogen-bond donors (Lipinski definition) is 0. The van der Waals surface area contributed by atoms with Gasteiger partial charge < -0.3 is 4.57 Å². The number of nitrogens with zero attached hydrogens (tertiary/aromatic N) is 2. The molecule has 0 saturated carbocycles. The third kappa shape index (κ3) is 2.75. The van der Waals surface area contributed by atoms with E-state index < -0.39 is 10.8 Å². The molecule has 0 aliphatic rings. The van der Waals surface area contributed by atoms with E-state index in [1.54, 1.807) is 6.26 Å². The molecule has 2 rings (SSSR count). The molecular weight excluding hydrogens is 268 g/mol. The molecule has 1 atom stereocenters. The van der Waals surface area contributed by atoms with Crippen LogP contribution in [-0.2, 0) is 23.2 Å².